The van der Waals surface area contributed by atoms with Gasteiger partial charge >= 0.3 is 0 Å². The average Bonchev–Trinajstić information content (AvgIpc) is 2.58. The first-order valence-corrected chi connectivity index (χ1v) is 6.37. The zero-order valence-electron chi connectivity index (χ0n) is 9.50. The second-order valence-electron chi connectivity index (χ2n) is 4.78. The van der Waals surface area contributed by atoms with Gasteiger partial charge in [0.25, 0.3) is 0 Å². The molecule has 1 N–H and O–H groups in total. The van der Waals surface area contributed by atoms with Crippen LogP contribution in [0.4, 0.5) is 0 Å². The van der Waals surface area contributed by atoms with Crippen LogP contribution in [0, 0.1) is 5.92 Å². The molecule has 0 saturated carbocycles. The molecule has 0 aliphatic carbocycles. The summed E-state index contributed by atoms with van der Waals surface area (Å²) in [6, 6.07) is 0. The van der Waals surface area contributed by atoms with E-state index in [1.165, 1.54) is 25.7 Å². The van der Waals surface area contributed by atoms with E-state index in [9.17, 15) is 4.79 Å². The van der Waals surface area contributed by atoms with Gasteiger partial charge in [0.15, 0.2) is 0 Å². The van der Waals surface area contributed by atoms with Crippen LogP contribution in [0.25, 0.3) is 0 Å². The van der Waals surface area contributed by atoms with E-state index in [2.05, 4.69) is 10.2 Å². The fraction of sp³-hybridized carbons (Fsp3) is 0.917. The van der Waals surface area contributed by atoms with Crippen LogP contribution >= 0.6 is 0 Å². The number of carbonyl (C=O) groups is 1. The molecule has 86 valence electrons. The highest BCUT2D eigenvalue weighted by atomic mass is 16.2. The second kappa shape index (κ2) is 5.50. The van der Waals surface area contributed by atoms with Crippen molar-refractivity contribution in [3.63, 3.8) is 0 Å². The topological polar surface area (TPSA) is 32.3 Å². The predicted molar refractivity (Wildman–Crippen MR) is 60.6 cm³/mol. The third-order valence-corrected chi connectivity index (χ3v) is 3.56. The Bertz CT molecular complexity index is 204. The maximum atomic E-state index is 12.2. The van der Waals surface area contributed by atoms with Crippen molar-refractivity contribution in [2.24, 2.45) is 5.92 Å². The first kappa shape index (κ1) is 10.9. The van der Waals surface area contributed by atoms with Crippen LogP contribution in [0.2, 0.25) is 0 Å². The summed E-state index contributed by atoms with van der Waals surface area (Å²) in [5.41, 5.74) is 0. The molecule has 2 aliphatic rings. The van der Waals surface area contributed by atoms with Gasteiger partial charge in [-0.05, 0) is 32.2 Å². The van der Waals surface area contributed by atoms with Gasteiger partial charge in [-0.1, -0.05) is 12.8 Å². The lowest BCUT2D eigenvalue weighted by atomic mass is 9.98. The van der Waals surface area contributed by atoms with Crippen molar-refractivity contribution in [1.82, 2.24) is 10.2 Å². The van der Waals surface area contributed by atoms with Crippen molar-refractivity contribution in [2.75, 3.05) is 26.2 Å². The molecule has 2 aliphatic heterocycles. The molecule has 0 radical (unpaired) electrons. The Morgan fingerprint density at radius 3 is 2.40 bits per heavy atom. The van der Waals surface area contributed by atoms with Crippen LogP contribution in [0.5, 0.6) is 0 Å². The molecule has 0 unspecified atom stereocenters. The molecule has 0 spiro atoms. The van der Waals surface area contributed by atoms with E-state index in [1.54, 1.807) is 0 Å². The van der Waals surface area contributed by atoms with Crippen LogP contribution in [-0.2, 0) is 4.79 Å². The molecule has 0 aromatic heterocycles. The Hall–Kier alpha value is -0.570. The van der Waals surface area contributed by atoms with Crippen molar-refractivity contribution in [2.45, 2.75) is 38.5 Å². The molecule has 2 saturated heterocycles. The Morgan fingerprint density at radius 2 is 1.80 bits per heavy atom. The lowest BCUT2D eigenvalue weighted by Gasteiger charge is -2.28. The number of piperidine rings is 1. The molecule has 2 fully saturated rings. The van der Waals surface area contributed by atoms with Gasteiger partial charge in [0.05, 0.1) is 5.92 Å². The molecule has 0 aromatic rings. The van der Waals surface area contributed by atoms with Gasteiger partial charge in [-0.3, -0.25) is 4.79 Å². The molecular formula is C12H22N2O. The molecule has 0 bridgehead atoms. The van der Waals surface area contributed by atoms with E-state index in [4.69, 9.17) is 0 Å². The van der Waals surface area contributed by atoms with Gasteiger partial charge in [-0.25, -0.2) is 0 Å². The van der Waals surface area contributed by atoms with Crippen LogP contribution in [-0.4, -0.2) is 37.0 Å². The highest BCUT2D eigenvalue weighted by Crippen LogP contribution is 2.17. The van der Waals surface area contributed by atoms with Crippen molar-refractivity contribution in [3.05, 3.63) is 0 Å². The minimum absolute atomic E-state index is 0.261. The summed E-state index contributed by atoms with van der Waals surface area (Å²) in [6.45, 7) is 3.98. The fourth-order valence-electron chi connectivity index (χ4n) is 2.61. The van der Waals surface area contributed by atoms with E-state index >= 15 is 0 Å². The Labute approximate surface area is 92.2 Å². The maximum Gasteiger partial charge on any atom is 0.226 e. The monoisotopic (exact) mass is 210 g/mol. The summed E-state index contributed by atoms with van der Waals surface area (Å²) in [6.07, 6.45) is 7.24. The summed E-state index contributed by atoms with van der Waals surface area (Å²) >= 11 is 0. The number of hydrogen-bond acceptors (Lipinski definition) is 2. The van der Waals surface area contributed by atoms with Crippen LogP contribution in [0.3, 0.4) is 0 Å². The van der Waals surface area contributed by atoms with E-state index in [0.717, 1.165) is 39.0 Å². The summed E-state index contributed by atoms with van der Waals surface area (Å²) in [5, 5.41) is 3.32. The molecule has 15 heavy (non-hydrogen) atoms. The fourth-order valence-corrected chi connectivity index (χ4v) is 2.61. The van der Waals surface area contributed by atoms with Gasteiger partial charge in [0, 0.05) is 19.6 Å². The predicted octanol–water partition coefficient (Wildman–Crippen LogP) is 1.39. The minimum atomic E-state index is 0.261. The van der Waals surface area contributed by atoms with Crippen molar-refractivity contribution in [3.8, 4) is 0 Å². The first-order chi connectivity index (χ1) is 7.38. The van der Waals surface area contributed by atoms with Crippen LogP contribution in [0.1, 0.15) is 38.5 Å². The van der Waals surface area contributed by atoms with E-state index < -0.39 is 0 Å². The number of rotatable bonds is 1. The van der Waals surface area contributed by atoms with Gasteiger partial charge in [-0.15, -0.1) is 0 Å². The molecule has 2 rings (SSSR count). The van der Waals surface area contributed by atoms with E-state index in [-0.39, 0.29) is 5.92 Å². The SMILES string of the molecule is O=C([C@H]1CCCNC1)N1CCCCCC1. The van der Waals surface area contributed by atoms with Crippen molar-refractivity contribution < 1.29 is 4.79 Å². The maximum absolute atomic E-state index is 12.2. The lowest BCUT2D eigenvalue weighted by Crippen LogP contribution is -2.43. The molecule has 1 amide bonds. The smallest absolute Gasteiger partial charge is 0.226 e. The van der Waals surface area contributed by atoms with Gasteiger partial charge in [0.2, 0.25) is 5.91 Å². The summed E-state index contributed by atoms with van der Waals surface area (Å²) in [7, 11) is 0. The zero-order valence-corrected chi connectivity index (χ0v) is 9.50. The molecule has 3 heteroatoms. The second-order valence-corrected chi connectivity index (χ2v) is 4.78. The molecular weight excluding hydrogens is 188 g/mol. The van der Waals surface area contributed by atoms with E-state index in [0.29, 0.717) is 5.91 Å². The van der Waals surface area contributed by atoms with E-state index in [1.807, 2.05) is 0 Å². The Kier molecular flexibility index (Phi) is 4.01. The summed E-state index contributed by atoms with van der Waals surface area (Å²) in [4.78, 5) is 14.3. The summed E-state index contributed by atoms with van der Waals surface area (Å²) in [5.74, 6) is 0.668. The summed E-state index contributed by atoms with van der Waals surface area (Å²) < 4.78 is 0. The molecule has 3 nitrogen and oxygen atoms in total. The third-order valence-electron chi connectivity index (χ3n) is 3.56. The number of hydrogen-bond donors (Lipinski definition) is 1. The highest BCUT2D eigenvalue weighted by molar-refractivity contribution is 5.79. The van der Waals surface area contributed by atoms with Gasteiger partial charge in [0.1, 0.15) is 0 Å². The largest absolute Gasteiger partial charge is 0.342 e. The quantitative estimate of drug-likeness (QED) is 0.709. The molecule has 2 heterocycles. The van der Waals surface area contributed by atoms with Crippen molar-refractivity contribution in [1.29, 1.82) is 0 Å². The third kappa shape index (κ3) is 2.94. The average molecular weight is 210 g/mol. The number of carbonyl (C=O) groups excluding carboxylic acids is 1. The van der Waals surface area contributed by atoms with Crippen LogP contribution < -0.4 is 5.32 Å². The normalized spacial score (nSPS) is 28.5. The Morgan fingerprint density at radius 1 is 1.07 bits per heavy atom. The van der Waals surface area contributed by atoms with Crippen molar-refractivity contribution >= 4 is 5.91 Å². The van der Waals surface area contributed by atoms with Crippen LogP contribution in [0.15, 0.2) is 0 Å². The van der Waals surface area contributed by atoms with Gasteiger partial charge < -0.3 is 10.2 Å². The first-order valence-electron chi connectivity index (χ1n) is 6.37. The number of amides is 1. The number of nitrogens with zero attached hydrogens (tertiary/aromatic N) is 1. The Balaban J connectivity index is 1.87. The minimum Gasteiger partial charge on any atom is -0.342 e. The number of nitrogens with one attached hydrogen (secondary N) is 1. The highest BCUT2D eigenvalue weighted by Gasteiger charge is 2.25. The lowest BCUT2D eigenvalue weighted by molar-refractivity contribution is -0.136. The zero-order chi connectivity index (χ0) is 10.5. The van der Waals surface area contributed by atoms with Gasteiger partial charge in [-0.2, -0.15) is 0 Å². The molecule has 1 atom stereocenters. The standard InChI is InChI=1S/C12H22N2O/c15-12(11-6-5-7-13-10-11)14-8-3-1-2-4-9-14/h11,13H,1-10H2/t11-/m0/s1. The molecule has 0 aromatic carbocycles. The number of likely N-dealkylation sites (tertiary alicyclic amines) is 1.